The summed E-state index contributed by atoms with van der Waals surface area (Å²) in [5, 5.41) is 9.03. The molecule has 0 saturated carbocycles. The molecule has 1 unspecified atom stereocenters. The number of nitriles is 1. The maximum atomic E-state index is 13.1. The normalized spacial score (nSPS) is 18.5. The van der Waals surface area contributed by atoms with Crippen molar-refractivity contribution in [3.8, 4) is 6.07 Å². The summed E-state index contributed by atoms with van der Waals surface area (Å²) in [4.78, 5) is 0.192. The van der Waals surface area contributed by atoms with Crippen molar-refractivity contribution in [2.24, 2.45) is 0 Å². The van der Waals surface area contributed by atoms with Crippen LogP contribution >= 0.6 is 0 Å². The summed E-state index contributed by atoms with van der Waals surface area (Å²) < 4.78 is 27.7. The lowest BCUT2D eigenvalue weighted by atomic mass is 10.0. The summed E-state index contributed by atoms with van der Waals surface area (Å²) in [5.74, 6) is 0. The molecule has 1 heterocycles. The molecule has 3 rings (SSSR count). The van der Waals surface area contributed by atoms with E-state index in [4.69, 9.17) is 5.26 Å². The highest BCUT2D eigenvalue weighted by molar-refractivity contribution is 7.89. The summed E-state index contributed by atoms with van der Waals surface area (Å²) >= 11 is 0. The molecular formula is C19H20N2O2S. The average molecular weight is 340 g/mol. The van der Waals surface area contributed by atoms with Gasteiger partial charge in [-0.2, -0.15) is 9.57 Å². The number of aryl methyl sites for hydroxylation is 2. The molecule has 1 saturated heterocycles. The van der Waals surface area contributed by atoms with Crippen LogP contribution in [0.1, 0.15) is 41.1 Å². The van der Waals surface area contributed by atoms with E-state index in [-0.39, 0.29) is 10.9 Å². The van der Waals surface area contributed by atoms with Crippen molar-refractivity contribution in [2.45, 2.75) is 37.6 Å². The van der Waals surface area contributed by atoms with Crippen LogP contribution in [0.4, 0.5) is 0 Å². The Hall–Kier alpha value is -2.16. The monoisotopic (exact) mass is 340 g/mol. The Bertz CT molecular complexity index is 893. The zero-order valence-electron chi connectivity index (χ0n) is 13.9. The smallest absolute Gasteiger partial charge is 0.207 e. The topological polar surface area (TPSA) is 61.2 Å². The fourth-order valence-electron chi connectivity index (χ4n) is 3.42. The fourth-order valence-corrected chi connectivity index (χ4v) is 5.15. The number of nitrogens with zero attached hydrogens (tertiary/aromatic N) is 2. The lowest BCUT2D eigenvalue weighted by Gasteiger charge is -2.25. The van der Waals surface area contributed by atoms with E-state index in [1.807, 2.05) is 19.9 Å². The molecule has 1 atom stereocenters. The van der Waals surface area contributed by atoms with E-state index >= 15 is 0 Å². The third-order valence-electron chi connectivity index (χ3n) is 4.40. The Labute approximate surface area is 143 Å². The predicted molar refractivity (Wildman–Crippen MR) is 92.9 cm³/mol. The fraction of sp³-hybridized carbons (Fsp3) is 0.316. The second-order valence-corrected chi connectivity index (χ2v) is 8.23. The first-order chi connectivity index (χ1) is 11.4. The standard InChI is InChI=1S/C19H20N2O2S/c1-14-9-15(2)11-17(10-14)19-7-4-8-21(19)24(22,23)18-6-3-5-16(12-18)13-20/h3,5-6,9-12,19H,4,7-8H2,1-2H3. The predicted octanol–water partition coefficient (Wildman–Crippen LogP) is 3.70. The van der Waals surface area contributed by atoms with Gasteiger partial charge in [0.25, 0.3) is 0 Å². The zero-order valence-corrected chi connectivity index (χ0v) is 14.7. The minimum absolute atomic E-state index is 0.139. The highest BCUT2D eigenvalue weighted by Gasteiger charge is 2.36. The first-order valence-electron chi connectivity index (χ1n) is 8.02. The number of benzene rings is 2. The molecule has 0 aliphatic carbocycles. The van der Waals surface area contributed by atoms with E-state index < -0.39 is 10.0 Å². The maximum absolute atomic E-state index is 13.1. The quantitative estimate of drug-likeness (QED) is 0.856. The van der Waals surface area contributed by atoms with Crippen molar-refractivity contribution in [3.05, 3.63) is 64.7 Å². The van der Waals surface area contributed by atoms with Gasteiger partial charge in [-0.05, 0) is 50.5 Å². The molecule has 1 fully saturated rings. The van der Waals surface area contributed by atoms with Gasteiger partial charge in [-0.3, -0.25) is 0 Å². The maximum Gasteiger partial charge on any atom is 0.243 e. The summed E-state index contributed by atoms with van der Waals surface area (Å²) in [6, 6.07) is 14.3. The highest BCUT2D eigenvalue weighted by Crippen LogP contribution is 2.37. The molecule has 2 aromatic rings. The lowest BCUT2D eigenvalue weighted by Crippen LogP contribution is -2.30. The number of sulfonamides is 1. The Morgan fingerprint density at radius 2 is 1.83 bits per heavy atom. The molecule has 0 amide bonds. The van der Waals surface area contributed by atoms with E-state index in [0.29, 0.717) is 12.1 Å². The molecule has 0 bridgehead atoms. The number of rotatable bonds is 3. The molecule has 4 nitrogen and oxygen atoms in total. The largest absolute Gasteiger partial charge is 0.243 e. The van der Waals surface area contributed by atoms with Crippen LogP contribution in [0.3, 0.4) is 0 Å². The Morgan fingerprint density at radius 3 is 2.50 bits per heavy atom. The summed E-state index contributed by atoms with van der Waals surface area (Å²) in [7, 11) is -3.61. The van der Waals surface area contributed by atoms with Crippen LogP contribution in [0.5, 0.6) is 0 Å². The molecule has 24 heavy (non-hydrogen) atoms. The first kappa shape index (κ1) is 16.7. The van der Waals surface area contributed by atoms with Gasteiger partial charge in [-0.15, -0.1) is 0 Å². The van der Waals surface area contributed by atoms with Crippen LogP contribution in [0, 0.1) is 25.2 Å². The van der Waals surface area contributed by atoms with Gasteiger partial charge >= 0.3 is 0 Å². The molecule has 1 aliphatic rings. The third-order valence-corrected chi connectivity index (χ3v) is 6.31. The van der Waals surface area contributed by atoms with Crippen LogP contribution in [-0.2, 0) is 10.0 Å². The van der Waals surface area contributed by atoms with E-state index in [0.717, 1.165) is 29.5 Å². The second-order valence-electron chi connectivity index (χ2n) is 6.33. The second kappa shape index (κ2) is 6.39. The van der Waals surface area contributed by atoms with Crippen LogP contribution in [0.25, 0.3) is 0 Å². The molecule has 0 spiro atoms. The van der Waals surface area contributed by atoms with Crippen LogP contribution < -0.4 is 0 Å². The Morgan fingerprint density at radius 1 is 1.12 bits per heavy atom. The Kier molecular flexibility index (Phi) is 4.44. The van der Waals surface area contributed by atoms with Gasteiger partial charge in [0.2, 0.25) is 10.0 Å². The zero-order chi connectivity index (χ0) is 17.3. The third kappa shape index (κ3) is 3.08. The molecule has 2 aromatic carbocycles. The van der Waals surface area contributed by atoms with Crippen LogP contribution in [0.15, 0.2) is 47.4 Å². The molecule has 0 aromatic heterocycles. The van der Waals surface area contributed by atoms with Crippen molar-refractivity contribution < 1.29 is 8.42 Å². The first-order valence-corrected chi connectivity index (χ1v) is 9.46. The van der Waals surface area contributed by atoms with E-state index in [1.54, 1.807) is 22.5 Å². The lowest BCUT2D eigenvalue weighted by molar-refractivity contribution is 0.396. The SMILES string of the molecule is Cc1cc(C)cc(C2CCCN2S(=O)(=O)c2cccc(C#N)c2)c1. The van der Waals surface area contributed by atoms with E-state index in [1.165, 1.54) is 6.07 Å². The molecular weight excluding hydrogens is 320 g/mol. The van der Waals surface area contributed by atoms with Crippen molar-refractivity contribution >= 4 is 10.0 Å². The van der Waals surface area contributed by atoms with Gasteiger partial charge < -0.3 is 0 Å². The van der Waals surface area contributed by atoms with E-state index in [9.17, 15) is 8.42 Å². The van der Waals surface area contributed by atoms with Gasteiger partial charge in [0, 0.05) is 6.54 Å². The van der Waals surface area contributed by atoms with E-state index in [2.05, 4.69) is 18.2 Å². The molecule has 1 aliphatic heterocycles. The summed E-state index contributed by atoms with van der Waals surface area (Å²) in [6.07, 6.45) is 1.66. The number of hydrogen-bond donors (Lipinski definition) is 0. The summed E-state index contributed by atoms with van der Waals surface area (Å²) in [6.45, 7) is 4.57. The molecule has 124 valence electrons. The number of hydrogen-bond acceptors (Lipinski definition) is 3. The van der Waals surface area contributed by atoms with Crippen molar-refractivity contribution in [2.75, 3.05) is 6.54 Å². The van der Waals surface area contributed by atoms with Crippen molar-refractivity contribution in [3.63, 3.8) is 0 Å². The molecule has 0 radical (unpaired) electrons. The van der Waals surface area contributed by atoms with Gasteiger partial charge in [0.15, 0.2) is 0 Å². The Balaban J connectivity index is 2.02. The van der Waals surface area contributed by atoms with Gasteiger partial charge in [-0.25, -0.2) is 8.42 Å². The van der Waals surface area contributed by atoms with Crippen LogP contribution in [0.2, 0.25) is 0 Å². The van der Waals surface area contributed by atoms with Crippen molar-refractivity contribution in [1.82, 2.24) is 4.31 Å². The minimum atomic E-state index is -3.61. The van der Waals surface area contributed by atoms with Crippen molar-refractivity contribution in [1.29, 1.82) is 5.26 Å². The van der Waals surface area contributed by atoms with Gasteiger partial charge in [-0.1, -0.05) is 35.4 Å². The van der Waals surface area contributed by atoms with Gasteiger partial charge in [0.1, 0.15) is 0 Å². The molecule has 0 N–H and O–H groups in total. The van der Waals surface area contributed by atoms with Crippen LogP contribution in [-0.4, -0.2) is 19.3 Å². The molecule has 5 heteroatoms. The summed E-state index contributed by atoms with van der Waals surface area (Å²) in [5.41, 5.74) is 3.68. The highest BCUT2D eigenvalue weighted by atomic mass is 32.2. The average Bonchev–Trinajstić information content (AvgIpc) is 3.04. The van der Waals surface area contributed by atoms with Gasteiger partial charge in [0.05, 0.1) is 22.6 Å². The minimum Gasteiger partial charge on any atom is -0.207 e.